The third-order valence-corrected chi connectivity index (χ3v) is 2.95. The molecule has 1 aliphatic rings. The Morgan fingerprint density at radius 1 is 0.938 bits per heavy atom. The van der Waals surface area contributed by atoms with Gasteiger partial charge in [0, 0.05) is 24.0 Å². The first kappa shape index (κ1) is 9.28. The van der Waals surface area contributed by atoms with E-state index in [0.29, 0.717) is 5.92 Å². The Morgan fingerprint density at radius 3 is 2.31 bits per heavy atom. The lowest BCUT2D eigenvalue weighted by molar-refractivity contribution is 0.782. The van der Waals surface area contributed by atoms with Gasteiger partial charge < -0.3 is 0 Å². The van der Waals surface area contributed by atoms with Crippen molar-refractivity contribution >= 4 is 5.57 Å². The molecule has 2 aromatic heterocycles. The predicted octanol–water partition coefficient (Wildman–Crippen LogP) is 3.05. The van der Waals surface area contributed by atoms with Crippen LogP contribution in [0.25, 0.3) is 5.57 Å². The molecule has 2 aromatic rings. The van der Waals surface area contributed by atoms with Crippen LogP contribution in [0.2, 0.25) is 0 Å². The number of allylic oxidation sites excluding steroid dienone is 2. The van der Waals surface area contributed by atoms with Crippen molar-refractivity contribution in [2.45, 2.75) is 12.3 Å². The summed E-state index contributed by atoms with van der Waals surface area (Å²) in [5.74, 6) is 0.427. The maximum atomic E-state index is 4.41. The summed E-state index contributed by atoms with van der Waals surface area (Å²) in [6.45, 7) is 0. The summed E-state index contributed by atoms with van der Waals surface area (Å²) in [6, 6.07) is 12.1. The van der Waals surface area contributed by atoms with Crippen LogP contribution in [0.4, 0.5) is 0 Å². The zero-order valence-corrected chi connectivity index (χ0v) is 8.88. The summed E-state index contributed by atoms with van der Waals surface area (Å²) in [5, 5.41) is 0. The van der Waals surface area contributed by atoms with E-state index in [2.05, 4.69) is 28.2 Å². The second-order valence-electron chi connectivity index (χ2n) is 3.92. The number of hydrogen-bond acceptors (Lipinski definition) is 2. The normalized spacial score (nSPS) is 18.8. The standard InChI is InChI=1S/C14H12N2/c1-3-9-15-13(5-1)11-7-8-12(11)14-6-2-4-10-16-14/h1-7,9-10,12H,8H2. The topological polar surface area (TPSA) is 25.8 Å². The third-order valence-electron chi connectivity index (χ3n) is 2.95. The van der Waals surface area contributed by atoms with E-state index in [1.165, 1.54) is 5.57 Å². The molecule has 0 saturated heterocycles. The van der Waals surface area contributed by atoms with E-state index in [0.717, 1.165) is 17.8 Å². The average Bonchev–Trinajstić information content (AvgIpc) is 2.30. The van der Waals surface area contributed by atoms with E-state index >= 15 is 0 Å². The summed E-state index contributed by atoms with van der Waals surface area (Å²) >= 11 is 0. The van der Waals surface area contributed by atoms with Crippen LogP contribution in [0, 0.1) is 0 Å². The number of aromatic nitrogens is 2. The van der Waals surface area contributed by atoms with Crippen LogP contribution in [-0.2, 0) is 0 Å². The van der Waals surface area contributed by atoms with Gasteiger partial charge in [-0.1, -0.05) is 18.2 Å². The minimum atomic E-state index is 0.427. The maximum Gasteiger partial charge on any atom is 0.0665 e. The van der Waals surface area contributed by atoms with E-state index in [-0.39, 0.29) is 0 Å². The molecule has 0 spiro atoms. The van der Waals surface area contributed by atoms with Crippen molar-refractivity contribution in [3.63, 3.8) is 0 Å². The second-order valence-corrected chi connectivity index (χ2v) is 3.92. The monoisotopic (exact) mass is 208 g/mol. The molecule has 16 heavy (non-hydrogen) atoms. The van der Waals surface area contributed by atoms with Crippen LogP contribution in [0.5, 0.6) is 0 Å². The summed E-state index contributed by atoms with van der Waals surface area (Å²) < 4.78 is 0. The van der Waals surface area contributed by atoms with Crippen LogP contribution in [0.3, 0.4) is 0 Å². The van der Waals surface area contributed by atoms with E-state index in [9.17, 15) is 0 Å². The fraction of sp³-hybridized carbons (Fsp3) is 0.143. The Hall–Kier alpha value is -1.96. The van der Waals surface area contributed by atoms with Gasteiger partial charge in [0.05, 0.1) is 5.69 Å². The van der Waals surface area contributed by atoms with Crippen LogP contribution >= 0.6 is 0 Å². The molecule has 1 unspecified atom stereocenters. The van der Waals surface area contributed by atoms with Crippen LogP contribution in [-0.4, -0.2) is 9.97 Å². The predicted molar refractivity (Wildman–Crippen MR) is 63.8 cm³/mol. The molecule has 1 atom stereocenters. The van der Waals surface area contributed by atoms with Gasteiger partial charge in [0.25, 0.3) is 0 Å². The van der Waals surface area contributed by atoms with Gasteiger partial charge in [-0.3, -0.25) is 9.97 Å². The second kappa shape index (κ2) is 3.89. The Bertz CT molecular complexity index is 503. The van der Waals surface area contributed by atoms with Crippen LogP contribution < -0.4 is 0 Å². The maximum absolute atomic E-state index is 4.41. The smallest absolute Gasteiger partial charge is 0.0665 e. The van der Waals surface area contributed by atoms with E-state index in [1.54, 1.807) is 0 Å². The third kappa shape index (κ3) is 1.52. The highest BCUT2D eigenvalue weighted by Crippen LogP contribution is 2.41. The molecule has 0 saturated carbocycles. The van der Waals surface area contributed by atoms with E-state index < -0.39 is 0 Å². The fourth-order valence-corrected chi connectivity index (χ4v) is 2.03. The van der Waals surface area contributed by atoms with Gasteiger partial charge in [0.2, 0.25) is 0 Å². The van der Waals surface area contributed by atoms with Gasteiger partial charge >= 0.3 is 0 Å². The lowest BCUT2D eigenvalue weighted by atomic mass is 9.80. The molecule has 2 heterocycles. The molecule has 0 bridgehead atoms. The van der Waals surface area contributed by atoms with Gasteiger partial charge in [-0.15, -0.1) is 0 Å². The first-order chi connectivity index (χ1) is 7.95. The molecular formula is C14H12N2. The van der Waals surface area contributed by atoms with Gasteiger partial charge in [-0.25, -0.2) is 0 Å². The molecule has 0 aromatic carbocycles. The van der Waals surface area contributed by atoms with E-state index in [4.69, 9.17) is 0 Å². The summed E-state index contributed by atoms with van der Waals surface area (Å²) in [4.78, 5) is 8.79. The molecule has 0 radical (unpaired) electrons. The molecule has 2 nitrogen and oxygen atoms in total. The quantitative estimate of drug-likeness (QED) is 0.758. The fourth-order valence-electron chi connectivity index (χ4n) is 2.03. The molecule has 0 aliphatic heterocycles. The average molecular weight is 208 g/mol. The van der Waals surface area contributed by atoms with Crippen molar-refractivity contribution in [1.82, 2.24) is 9.97 Å². The Balaban J connectivity index is 1.91. The zero-order chi connectivity index (χ0) is 10.8. The molecule has 0 fully saturated rings. The molecule has 2 heteroatoms. The minimum absolute atomic E-state index is 0.427. The van der Waals surface area contributed by atoms with Crippen molar-refractivity contribution in [1.29, 1.82) is 0 Å². The Labute approximate surface area is 94.7 Å². The number of rotatable bonds is 2. The molecular weight excluding hydrogens is 196 g/mol. The van der Waals surface area contributed by atoms with Crippen molar-refractivity contribution < 1.29 is 0 Å². The zero-order valence-electron chi connectivity index (χ0n) is 8.88. The highest BCUT2D eigenvalue weighted by molar-refractivity contribution is 5.73. The lowest BCUT2D eigenvalue weighted by Crippen LogP contribution is -2.11. The number of pyridine rings is 2. The van der Waals surface area contributed by atoms with Crippen molar-refractivity contribution in [3.8, 4) is 0 Å². The summed E-state index contributed by atoms with van der Waals surface area (Å²) in [5.41, 5.74) is 3.52. The first-order valence-electron chi connectivity index (χ1n) is 5.47. The molecule has 1 aliphatic carbocycles. The van der Waals surface area contributed by atoms with Gasteiger partial charge in [0.15, 0.2) is 0 Å². The van der Waals surface area contributed by atoms with Gasteiger partial charge in [-0.2, -0.15) is 0 Å². The van der Waals surface area contributed by atoms with Crippen LogP contribution in [0.15, 0.2) is 54.9 Å². The van der Waals surface area contributed by atoms with Gasteiger partial charge in [-0.05, 0) is 36.3 Å². The first-order valence-corrected chi connectivity index (χ1v) is 5.47. The Kier molecular flexibility index (Phi) is 2.26. The van der Waals surface area contributed by atoms with Crippen LogP contribution in [0.1, 0.15) is 23.7 Å². The summed E-state index contributed by atoms with van der Waals surface area (Å²) in [7, 11) is 0. The van der Waals surface area contributed by atoms with E-state index in [1.807, 2.05) is 36.7 Å². The SMILES string of the molecule is C1=C(c2ccccn2)C(c2ccccn2)C1. The lowest BCUT2D eigenvalue weighted by Gasteiger charge is -2.26. The molecule has 78 valence electrons. The largest absolute Gasteiger partial charge is 0.261 e. The van der Waals surface area contributed by atoms with Gasteiger partial charge in [0.1, 0.15) is 0 Å². The minimum Gasteiger partial charge on any atom is -0.261 e. The number of hydrogen-bond donors (Lipinski definition) is 0. The molecule has 0 N–H and O–H groups in total. The number of nitrogens with zero attached hydrogens (tertiary/aromatic N) is 2. The molecule has 0 amide bonds. The highest BCUT2D eigenvalue weighted by atomic mass is 14.7. The summed E-state index contributed by atoms with van der Waals surface area (Å²) in [6.07, 6.45) is 7.00. The van der Waals surface area contributed by atoms with Crippen molar-refractivity contribution in [3.05, 3.63) is 66.3 Å². The highest BCUT2D eigenvalue weighted by Gasteiger charge is 2.25. The molecule has 3 rings (SSSR count). The van der Waals surface area contributed by atoms with Crippen molar-refractivity contribution in [2.75, 3.05) is 0 Å². The van der Waals surface area contributed by atoms with Crippen molar-refractivity contribution in [2.24, 2.45) is 0 Å². The Morgan fingerprint density at radius 2 is 1.75 bits per heavy atom.